The maximum absolute atomic E-state index is 12.6. The Morgan fingerprint density at radius 3 is 2.45 bits per heavy atom. The van der Waals surface area contributed by atoms with E-state index in [4.69, 9.17) is 4.74 Å². The number of rotatable bonds is 4. The van der Waals surface area contributed by atoms with E-state index in [9.17, 15) is 19.2 Å². The third-order valence-corrected chi connectivity index (χ3v) is 3.59. The molecule has 1 aliphatic rings. The molecule has 0 bridgehead atoms. The standard InChI is InChI=1S/C15H16N2O5/c1-3-11(18)22-9-17-13(20)15(2,12(19)16-14(17)21)10-7-5-4-6-8-10/h4-8H,3,9H2,1-2H3,(H,16,19,21). The van der Waals surface area contributed by atoms with Crippen LogP contribution < -0.4 is 5.32 Å². The third-order valence-electron chi connectivity index (χ3n) is 3.59. The highest BCUT2D eigenvalue weighted by molar-refractivity contribution is 6.22. The largest absolute Gasteiger partial charge is 0.444 e. The molecule has 22 heavy (non-hydrogen) atoms. The van der Waals surface area contributed by atoms with E-state index >= 15 is 0 Å². The summed E-state index contributed by atoms with van der Waals surface area (Å²) in [5, 5.41) is 2.13. The van der Waals surface area contributed by atoms with Gasteiger partial charge in [-0.05, 0) is 12.5 Å². The van der Waals surface area contributed by atoms with E-state index < -0.39 is 36.0 Å². The van der Waals surface area contributed by atoms with Crippen LogP contribution in [-0.2, 0) is 24.5 Å². The fourth-order valence-electron chi connectivity index (χ4n) is 2.13. The zero-order valence-corrected chi connectivity index (χ0v) is 12.3. The van der Waals surface area contributed by atoms with Crippen molar-refractivity contribution in [2.75, 3.05) is 6.73 Å². The minimum absolute atomic E-state index is 0.124. The molecule has 7 nitrogen and oxygen atoms in total. The smallest absolute Gasteiger partial charge is 0.333 e. The molecule has 1 aromatic carbocycles. The first-order chi connectivity index (χ1) is 10.4. The zero-order valence-electron chi connectivity index (χ0n) is 12.3. The second-order valence-corrected chi connectivity index (χ2v) is 4.98. The zero-order chi connectivity index (χ0) is 16.3. The summed E-state index contributed by atoms with van der Waals surface area (Å²) in [6.45, 7) is 2.51. The van der Waals surface area contributed by atoms with Gasteiger partial charge in [0.1, 0.15) is 0 Å². The second kappa shape index (κ2) is 5.97. The van der Waals surface area contributed by atoms with E-state index in [1.54, 1.807) is 37.3 Å². The first kappa shape index (κ1) is 15.7. The fraction of sp³-hybridized carbons (Fsp3) is 0.333. The average molecular weight is 304 g/mol. The topological polar surface area (TPSA) is 92.8 Å². The van der Waals surface area contributed by atoms with Gasteiger partial charge in [-0.1, -0.05) is 37.3 Å². The molecule has 0 spiro atoms. The van der Waals surface area contributed by atoms with E-state index in [0.717, 1.165) is 4.90 Å². The van der Waals surface area contributed by atoms with Crippen LogP contribution in [0.2, 0.25) is 0 Å². The van der Waals surface area contributed by atoms with Crippen LogP contribution in [0.15, 0.2) is 30.3 Å². The highest BCUT2D eigenvalue weighted by Crippen LogP contribution is 2.29. The molecule has 1 fully saturated rings. The lowest BCUT2D eigenvalue weighted by Gasteiger charge is -2.36. The first-order valence-corrected chi connectivity index (χ1v) is 6.79. The van der Waals surface area contributed by atoms with Crippen molar-refractivity contribution in [3.8, 4) is 0 Å². The molecular formula is C15H16N2O5. The number of hydrogen-bond acceptors (Lipinski definition) is 5. The van der Waals surface area contributed by atoms with Crippen LogP contribution in [0.4, 0.5) is 4.79 Å². The van der Waals surface area contributed by atoms with Crippen molar-refractivity contribution in [1.29, 1.82) is 0 Å². The average Bonchev–Trinajstić information content (AvgIpc) is 2.53. The van der Waals surface area contributed by atoms with Crippen molar-refractivity contribution >= 4 is 23.8 Å². The summed E-state index contributed by atoms with van der Waals surface area (Å²) < 4.78 is 4.83. The Labute approximate surface area is 127 Å². The van der Waals surface area contributed by atoms with Crippen LogP contribution in [0, 0.1) is 0 Å². The maximum atomic E-state index is 12.6. The highest BCUT2D eigenvalue weighted by Gasteiger charge is 2.51. The molecule has 1 unspecified atom stereocenters. The summed E-state index contributed by atoms with van der Waals surface area (Å²) in [5.74, 6) is -1.97. The summed E-state index contributed by atoms with van der Waals surface area (Å²) in [4.78, 5) is 48.6. The van der Waals surface area contributed by atoms with Gasteiger partial charge in [-0.15, -0.1) is 0 Å². The Bertz CT molecular complexity index is 628. The maximum Gasteiger partial charge on any atom is 0.333 e. The Morgan fingerprint density at radius 2 is 1.86 bits per heavy atom. The summed E-state index contributed by atoms with van der Waals surface area (Å²) in [5.41, 5.74) is -1.09. The van der Waals surface area contributed by atoms with Gasteiger partial charge in [0.2, 0.25) is 5.91 Å². The lowest BCUT2D eigenvalue weighted by Crippen LogP contribution is -2.65. The van der Waals surface area contributed by atoms with Crippen LogP contribution in [0.25, 0.3) is 0 Å². The molecule has 1 saturated heterocycles. The first-order valence-electron chi connectivity index (χ1n) is 6.79. The van der Waals surface area contributed by atoms with Gasteiger partial charge in [-0.2, -0.15) is 0 Å². The van der Waals surface area contributed by atoms with E-state index in [1.807, 2.05) is 0 Å². The monoisotopic (exact) mass is 304 g/mol. The summed E-state index contributed by atoms with van der Waals surface area (Å²) >= 11 is 0. The van der Waals surface area contributed by atoms with Crippen molar-refractivity contribution in [2.45, 2.75) is 25.7 Å². The minimum Gasteiger partial charge on any atom is -0.444 e. The van der Waals surface area contributed by atoms with E-state index in [-0.39, 0.29) is 6.42 Å². The van der Waals surface area contributed by atoms with Crippen molar-refractivity contribution in [2.24, 2.45) is 0 Å². The molecule has 1 N–H and O–H groups in total. The second-order valence-electron chi connectivity index (χ2n) is 4.98. The van der Waals surface area contributed by atoms with Crippen LogP contribution in [0.1, 0.15) is 25.8 Å². The van der Waals surface area contributed by atoms with Gasteiger partial charge in [0.25, 0.3) is 5.91 Å². The van der Waals surface area contributed by atoms with Crippen molar-refractivity contribution < 1.29 is 23.9 Å². The van der Waals surface area contributed by atoms with Gasteiger partial charge >= 0.3 is 12.0 Å². The number of ether oxygens (including phenoxy) is 1. The third kappa shape index (κ3) is 2.57. The van der Waals surface area contributed by atoms with Crippen molar-refractivity contribution in [3.63, 3.8) is 0 Å². The molecule has 0 saturated carbocycles. The summed E-state index contributed by atoms with van der Waals surface area (Å²) in [6.07, 6.45) is 0.124. The number of nitrogens with zero attached hydrogens (tertiary/aromatic N) is 1. The number of nitrogens with one attached hydrogen (secondary N) is 1. The molecule has 1 aromatic rings. The molecule has 1 atom stereocenters. The lowest BCUT2D eigenvalue weighted by atomic mass is 9.79. The number of benzene rings is 1. The van der Waals surface area contributed by atoms with Crippen LogP contribution >= 0.6 is 0 Å². The molecule has 7 heteroatoms. The molecule has 0 radical (unpaired) electrons. The quantitative estimate of drug-likeness (QED) is 0.660. The Balaban J connectivity index is 2.31. The minimum atomic E-state index is -1.55. The molecule has 4 amide bonds. The van der Waals surface area contributed by atoms with Gasteiger partial charge in [0.15, 0.2) is 12.1 Å². The van der Waals surface area contributed by atoms with E-state index in [1.165, 1.54) is 6.92 Å². The van der Waals surface area contributed by atoms with Crippen molar-refractivity contribution in [3.05, 3.63) is 35.9 Å². The molecule has 2 rings (SSSR count). The van der Waals surface area contributed by atoms with Crippen molar-refractivity contribution in [1.82, 2.24) is 10.2 Å². The number of amides is 4. The van der Waals surface area contributed by atoms with Gasteiger partial charge in [-0.3, -0.25) is 19.7 Å². The van der Waals surface area contributed by atoms with E-state index in [2.05, 4.69) is 5.32 Å². The number of imide groups is 2. The molecule has 0 aliphatic carbocycles. The Kier molecular flexibility index (Phi) is 4.25. The van der Waals surface area contributed by atoms with Gasteiger partial charge < -0.3 is 4.74 Å². The van der Waals surface area contributed by atoms with Crippen LogP contribution in [0.3, 0.4) is 0 Å². The van der Waals surface area contributed by atoms with Gasteiger partial charge in [-0.25, -0.2) is 9.69 Å². The van der Waals surface area contributed by atoms with Gasteiger partial charge in [0.05, 0.1) is 0 Å². The number of esters is 1. The summed E-state index contributed by atoms with van der Waals surface area (Å²) in [6, 6.07) is 7.50. The Hall–Kier alpha value is -2.70. The molecule has 1 aliphatic heterocycles. The normalized spacial score (nSPS) is 21.5. The molecule has 116 valence electrons. The van der Waals surface area contributed by atoms with Gasteiger partial charge in [0, 0.05) is 6.42 Å². The Morgan fingerprint density at radius 1 is 1.23 bits per heavy atom. The van der Waals surface area contributed by atoms with Crippen LogP contribution in [-0.4, -0.2) is 35.4 Å². The fourth-order valence-corrected chi connectivity index (χ4v) is 2.13. The number of barbiturate groups is 1. The highest BCUT2D eigenvalue weighted by atomic mass is 16.5. The predicted octanol–water partition coefficient (Wildman–Crippen LogP) is 0.933. The molecule has 1 heterocycles. The van der Waals surface area contributed by atoms with E-state index in [0.29, 0.717) is 5.56 Å². The number of carbonyl (C=O) groups excluding carboxylic acids is 4. The van der Waals surface area contributed by atoms with Crippen LogP contribution in [0.5, 0.6) is 0 Å². The molecular weight excluding hydrogens is 288 g/mol. The number of urea groups is 1. The number of carbonyl (C=O) groups is 4. The molecule has 0 aromatic heterocycles. The SMILES string of the molecule is CCC(=O)OCN1C(=O)NC(=O)C(C)(c2ccccc2)C1=O. The summed E-state index contributed by atoms with van der Waals surface area (Å²) in [7, 11) is 0. The number of hydrogen-bond donors (Lipinski definition) is 1. The predicted molar refractivity (Wildman–Crippen MR) is 75.4 cm³/mol. The lowest BCUT2D eigenvalue weighted by molar-refractivity contribution is -0.154.